The maximum absolute atomic E-state index is 13.3. The molecule has 0 aliphatic rings. The topological polar surface area (TPSA) is 95.5 Å². The van der Waals surface area contributed by atoms with Crippen molar-refractivity contribution in [2.45, 2.75) is 33.4 Å². The van der Waals surface area contributed by atoms with Crippen molar-refractivity contribution in [3.05, 3.63) is 63.4 Å². The third-order valence-electron chi connectivity index (χ3n) is 6.06. The number of benzene rings is 1. The summed E-state index contributed by atoms with van der Waals surface area (Å²) in [4.78, 5) is 22.1. The van der Waals surface area contributed by atoms with Gasteiger partial charge in [-0.3, -0.25) is 14.0 Å². The van der Waals surface area contributed by atoms with E-state index < -0.39 is 0 Å². The molecule has 0 amide bonds. The first-order chi connectivity index (χ1) is 16.3. The average Bonchev–Trinajstić information content (AvgIpc) is 3.44. The minimum absolute atomic E-state index is 0.0404. The van der Waals surface area contributed by atoms with Crippen LogP contribution in [0.15, 0.2) is 41.6 Å². The number of rotatable bonds is 5. The van der Waals surface area contributed by atoms with Crippen molar-refractivity contribution in [2.75, 3.05) is 5.32 Å². The largest absolute Gasteiger partial charge is 0.377 e. The molecule has 1 N–H and O–H groups in total. The molecule has 9 nitrogen and oxygen atoms in total. The van der Waals surface area contributed by atoms with Gasteiger partial charge in [-0.25, -0.2) is 14.6 Å². The molecule has 0 fully saturated rings. The van der Waals surface area contributed by atoms with Crippen LogP contribution >= 0.6 is 11.6 Å². The maximum Gasteiger partial charge on any atom is 0.259 e. The molecule has 1 aromatic carbocycles. The van der Waals surface area contributed by atoms with Crippen LogP contribution in [0.2, 0.25) is 5.15 Å². The molecule has 174 valence electrons. The van der Waals surface area contributed by atoms with E-state index in [1.54, 1.807) is 35.7 Å². The quantitative estimate of drug-likeness (QED) is 0.381. The zero-order chi connectivity index (χ0) is 24.1. The van der Waals surface area contributed by atoms with Crippen molar-refractivity contribution in [3.8, 4) is 11.5 Å². The van der Waals surface area contributed by atoms with Crippen LogP contribution in [0.3, 0.4) is 0 Å². The van der Waals surface area contributed by atoms with Crippen LogP contribution in [-0.2, 0) is 20.6 Å². The summed E-state index contributed by atoms with van der Waals surface area (Å²) in [5, 5.41) is 15.4. The van der Waals surface area contributed by atoms with Crippen LogP contribution in [0.25, 0.3) is 33.3 Å². The third-order valence-corrected chi connectivity index (χ3v) is 6.27. The van der Waals surface area contributed by atoms with E-state index in [2.05, 4.69) is 38.5 Å². The molecule has 4 heterocycles. The summed E-state index contributed by atoms with van der Waals surface area (Å²) in [6, 6.07) is 7.51. The fourth-order valence-electron chi connectivity index (χ4n) is 4.52. The molecule has 0 radical (unpaired) electrons. The minimum atomic E-state index is -0.159. The Morgan fingerprint density at radius 3 is 2.68 bits per heavy atom. The van der Waals surface area contributed by atoms with E-state index in [1.165, 1.54) is 0 Å². The van der Waals surface area contributed by atoms with E-state index in [9.17, 15) is 4.79 Å². The van der Waals surface area contributed by atoms with E-state index in [-0.39, 0.29) is 11.6 Å². The standard InChI is InChI=1S/C24H25ClN8O/c1-6-33-23-17(11-27-33)20-15(9-13(2)10-16(20)24(34)32(23)5)14(3)28-18-7-8-19(25)29-21(18)22-26-12-31(4)30-22/h7-12,14,28H,6H2,1-5H3. The minimum Gasteiger partial charge on any atom is -0.377 e. The summed E-state index contributed by atoms with van der Waals surface area (Å²) >= 11 is 6.19. The van der Waals surface area contributed by atoms with Crippen molar-refractivity contribution >= 4 is 39.1 Å². The Labute approximate surface area is 201 Å². The highest BCUT2D eigenvalue weighted by molar-refractivity contribution is 6.29. The molecule has 1 unspecified atom stereocenters. The van der Waals surface area contributed by atoms with Gasteiger partial charge >= 0.3 is 0 Å². The third kappa shape index (κ3) is 3.52. The highest BCUT2D eigenvalue weighted by atomic mass is 35.5. The molecule has 0 aliphatic heterocycles. The highest BCUT2D eigenvalue weighted by Gasteiger charge is 2.21. The Balaban J connectivity index is 1.70. The van der Waals surface area contributed by atoms with Gasteiger partial charge in [0.15, 0.2) is 0 Å². The summed E-state index contributed by atoms with van der Waals surface area (Å²) < 4.78 is 5.16. The Kier molecular flexibility index (Phi) is 5.36. The van der Waals surface area contributed by atoms with Crippen LogP contribution in [-0.4, -0.2) is 34.1 Å². The predicted molar refractivity (Wildman–Crippen MR) is 134 cm³/mol. The van der Waals surface area contributed by atoms with E-state index in [0.717, 1.165) is 33.2 Å². The number of anilines is 1. The summed E-state index contributed by atoms with van der Waals surface area (Å²) in [5.41, 5.74) is 4.10. The van der Waals surface area contributed by atoms with Gasteiger partial charge in [-0.1, -0.05) is 17.7 Å². The number of nitrogens with zero attached hydrogens (tertiary/aromatic N) is 7. The van der Waals surface area contributed by atoms with Crippen LogP contribution in [0, 0.1) is 6.92 Å². The lowest BCUT2D eigenvalue weighted by Gasteiger charge is -2.21. The second-order valence-electron chi connectivity index (χ2n) is 8.48. The first-order valence-corrected chi connectivity index (χ1v) is 11.4. The van der Waals surface area contributed by atoms with Gasteiger partial charge in [0.25, 0.3) is 5.56 Å². The summed E-state index contributed by atoms with van der Waals surface area (Å²) in [6.45, 7) is 6.75. The normalized spacial score (nSPS) is 12.5. The second-order valence-corrected chi connectivity index (χ2v) is 8.86. The summed E-state index contributed by atoms with van der Waals surface area (Å²) in [5.74, 6) is 0.481. The number of hydrogen-bond donors (Lipinski definition) is 1. The molecule has 0 saturated carbocycles. The average molecular weight is 477 g/mol. The Morgan fingerprint density at radius 2 is 1.97 bits per heavy atom. The monoisotopic (exact) mass is 476 g/mol. The van der Waals surface area contributed by atoms with Gasteiger partial charge in [-0.05, 0) is 50.1 Å². The van der Waals surface area contributed by atoms with E-state index >= 15 is 0 Å². The molecule has 34 heavy (non-hydrogen) atoms. The number of aromatic nitrogens is 7. The van der Waals surface area contributed by atoms with Crippen LogP contribution < -0.4 is 10.9 Å². The molecule has 1 atom stereocenters. The first kappa shape index (κ1) is 22.1. The smallest absolute Gasteiger partial charge is 0.259 e. The van der Waals surface area contributed by atoms with E-state index in [4.69, 9.17) is 11.6 Å². The van der Waals surface area contributed by atoms with Gasteiger partial charge in [-0.15, -0.1) is 5.10 Å². The van der Waals surface area contributed by atoms with Crippen molar-refractivity contribution in [1.29, 1.82) is 0 Å². The number of nitrogens with one attached hydrogen (secondary N) is 1. The van der Waals surface area contributed by atoms with Crippen molar-refractivity contribution in [3.63, 3.8) is 0 Å². The number of fused-ring (bicyclic) bond motifs is 3. The predicted octanol–water partition coefficient (Wildman–Crippen LogP) is 4.23. The van der Waals surface area contributed by atoms with Gasteiger partial charge in [0.1, 0.15) is 22.8 Å². The second kappa shape index (κ2) is 8.25. The lowest BCUT2D eigenvalue weighted by atomic mass is 9.95. The fourth-order valence-corrected chi connectivity index (χ4v) is 4.67. The van der Waals surface area contributed by atoms with Gasteiger partial charge in [-0.2, -0.15) is 5.10 Å². The zero-order valence-corrected chi connectivity index (χ0v) is 20.4. The zero-order valence-electron chi connectivity index (χ0n) is 19.7. The lowest BCUT2D eigenvalue weighted by molar-refractivity contribution is 0.659. The molecule has 10 heteroatoms. The first-order valence-electron chi connectivity index (χ1n) is 11.1. The van der Waals surface area contributed by atoms with Crippen LogP contribution in [0.4, 0.5) is 5.69 Å². The molecule has 0 spiro atoms. The van der Waals surface area contributed by atoms with Crippen molar-refractivity contribution < 1.29 is 0 Å². The van der Waals surface area contributed by atoms with Crippen LogP contribution in [0.5, 0.6) is 0 Å². The molecule has 5 aromatic rings. The molecule has 0 bridgehead atoms. The lowest BCUT2D eigenvalue weighted by Crippen LogP contribution is -2.20. The van der Waals surface area contributed by atoms with E-state index in [1.807, 2.05) is 36.9 Å². The van der Waals surface area contributed by atoms with Crippen molar-refractivity contribution in [2.24, 2.45) is 14.1 Å². The number of halogens is 1. The van der Waals surface area contributed by atoms with Gasteiger partial charge in [0.2, 0.25) is 5.82 Å². The summed E-state index contributed by atoms with van der Waals surface area (Å²) in [6.07, 6.45) is 3.47. The number of pyridine rings is 2. The fraction of sp³-hybridized carbons (Fsp3) is 0.292. The van der Waals surface area contributed by atoms with Gasteiger partial charge < -0.3 is 5.32 Å². The molecular weight excluding hydrogens is 452 g/mol. The Bertz CT molecular complexity index is 1610. The molecule has 5 rings (SSSR count). The number of aryl methyl sites for hydroxylation is 4. The van der Waals surface area contributed by atoms with Gasteiger partial charge in [0, 0.05) is 42.8 Å². The Hall–Kier alpha value is -3.72. The van der Waals surface area contributed by atoms with E-state index in [0.29, 0.717) is 28.6 Å². The molecule has 0 saturated heterocycles. The number of hydrogen-bond acceptors (Lipinski definition) is 6. The summed E-state index contributed by atoms with van der Waals surface area (Å²) in [7, 11) is 3.60. The molecule has 4 aromatic heterocycles. The molecular formula is C24H25ClN8O. The van der Waals surface area contributed by atoms with Crippen LogP contribution in [0.1, 0.15) is 31.0 Å². The van der Waals surface area contributed by atoms with Crippen molar-refractivity contribution in [1.82, 2.24) is 34.1 Å². The SMILES string of the molecule is CCn1ncc2c3c(C(C)Nc4ccc(Cl)nc4-c4ncn(C)n4)cc(C)cc3c(=O)n(C)c21. The maximum atomic E-state index is 13.3. The highest BCUT2D eigenvalue weighted by Crippen LogP contribution is 2.34. The van der Waals surface area contributed by atoms with Gasteiger partial charge in [0.05, 0.1) is 11.9 Å². The Morgan fingerprint density at radius 1 is 1.18 bits per heavy atom. The molecule has 0 aliphatic carbocycles.